The molecule has 3 rings (SSSR count). The quantitative estimate of drug-likeness (QED) is 0.481. The molecule has 1 N–H and O–H groups in total. The maximum absolute atomic E-state index is 13.8. The van der Waals surface area contributed by atoms with E-state index in [1.165, 1.54) is 12.5 Å². The van der Waals surface area contributed by atoms with Crippen molar-refractivity contribution >= 4 is 21.9 Å². The van der Waals surface area contributed by atoms with Gasteiger partial charge in [-0.2, -0.15) is 0 Å². The molecule has 1 aromatic carbocycles. The fourth-order valence-electron chi connectivity index (χ4n) is 3.62. The molecule has 132 valence electrons. The molecule has 1 atom stereocenters. The number of rotatable bonds is 4. The summed E-state index contributed by atoms with van der Waals surface area (Å²) in [7, 11) is 1.83. The van der Waals surface area contributed by atoms with Crippen LogP contribution >= 0.6 is 15.9 Å². The van der Waals surface area contributed by atoms with Crippen LogP contribution in [0.4, 0.5) is 4.39 Å². The number of nitrogens with one attached hydrogen (secondary N) is 1. The Hall–Kier alpha value is -1.14. The van der Waals surface area contributed by atoms with Gasteiger partial charge < -0.3 is 15.0 Å². The number of hydrogen-bond acceptors (Lipinski definition) is 2. The van der Waals surface area contributed by atoms with E-state index < -0.39 is 0 Å². The SMILES string of the molecule is CN=C(NCCCc1ccc(Br)cc1F)N1CCC2(CCOC2)C1. The van der Waals surface area contributed by atoms with Crippen molar-refractivity contribution in [1.82, 2.24) is 10.2 Å². The van der Waals surface area contributed by atoms with Gasteiger partial charge in [0.1, 0.15) is 5.82 Å². The molecule has 0 amide bonds. The Labute approximate surface area is 151 Å². The first-order valence-electron chi connectivity index (χ1n) is 8.59. The zero-order valence-electron chi connectivity index (χ0n) is 14.2. The second-order valence-electron chi connectivity index (χ2n) is 6.79. The lowest BCUT2D eigenvalue weighted by molar-refractivity contribution is 0.156. The first-order chi connectivity index (χ1) is 11.6. The van der Waals surface area contributed by atoms with Crippen molar-refractivity contribution in [1.29, 1.82) is 0 Å². The predicted molar refractivity (Wildman–Crippen MR) is 97.8 cm³/mol. The summed E-state index contributed by atoms with van der Waals surface area (Å²) in [6.45, 7) is 4.61. The first-order valence-corrected chi connectivity index (χ1v) is 9.38. The van der Waals surface area contributed by atoms with Crippen molar-refractivity contribution < 1.29 is 9.13 Å². The average Bonchev–Trinajstić information content (AvgIpc) is 3.20. The minimum Gasteiger partial charge on any atom is -0.381 e. The monoisotopic (exact) mass is 397 g/mol. The van der Waals surface area contributed by atoms with E-state index in [1.54, 1.807) is 0 Å². The summed E-state index contributed by atoms with van der Waals surface area (Å²) < 4.78 is 20.2. The average molecular weight is 398 g/mol. The molecule has 0 aliphatic carbocycles. The second-order valence-corrected chi connectivity index (χ2v) is 7.70. The molecular weight excluding hydrogens is 373 g/mol. The maximum atomic E-state index is 13.8. The van der Waals surface area contributed by atoms with E-state index in [1.807, 2.05) is 19.2 Å². The van der Waals surface area contributed by atoms with Gasteiger partial charge in [-0.15, -0.1) is 0 Å². The van der Waals surface area contributed by atoms with E-state index in [4.69, 9.17) is 4.74 Å². The van der Waals surface area contributed by atoms with Crippen LogP contribution in [0.3, 0.4) is 0 Å². The van der Waals surface area contributed by atoms with Crippen molar-refractivity contribution in [2.75, 3.05) is 39.9 Å². The molecule has 1 spiro atoms. The largest absolute Gasteiger partial charge is 0.381 e. The van der Waals surface area contributed by atoms with Gasteiger partial charge in [0.25, 0.3) is 0 Å². The summed E-state index contributed by atoms with van der Waals surface area (Å²) in [5.74, 6) is 0.812. The fourth-order valence-corrected chi connectivity index (χ4v) is 3.96. The number of guanidine groups is 1. The zero-order chi connectivity index (χ0) is 17.0. The van der Waals surface area contributed by atoms with E-state index >= 15 is 0 Å². The van der Waals surface area contributed by atoms with Crippen molar-refractivity contribution in [3.63, 3.8) is 0 Å². The third-order valence-electron chi connectivity index (χ3n) is 5.06. The van der Waals surface area contributed by atoms with E-state index in [2.05, 4.69) is 31.1 Å². The highest BCUT2D eigenvalue weighted by Crippen LogP contribution is 2.38. The van der Waals surface area contributed by atoms with Crippen LogP contribution in [0.15, 0.2) is 27.7 Å². The molecule has 6 heteroatoms. The topological polar surface area (TPSA) is 36.9 Å². The van der Waals surface area contributed by atoms with Gasteiger partial charge in [0.2, 0.25) is 0 Å². The summed E-state index contributed by atoms with van der Waals surface area (Å²) in [6, 6.07) is 5.26. The fraction of sp³-hybridized carbons (Fsp3) is 0.611. The van der Waals surface area contributed by atoms with Gasteiger partial charge in [0.05, 0.1) is 6.61 Å². The molecule has 24 heavy (non-hydrogen) atoms. The van der Waals surface area contributed by atoms with Crippen LogP contribution in [0.25, 0.3) is 0 Å². The Morgan fingerprint density at radius 3 is 3.04 bits per heavy atom. The number of likely N-dealkylation sites (tertiary alicyclic amines) is 1. The lowest BCUT2D eigenvalue weighted by atomic mass is 9.87. The van der Waals surface area contributed by atoms with Gasteiger partial charge in [0.15, 0.2) is 5.96 Å². The number of aryl methyl sites for hydroxylation is 1. The number of ether oxygens (including phenoxy) is 1. The van der Waals surface area contributed by atoms with Crippen molar-refractivity contribution in [3.8, 4) is 0 Å². The van der Waals surface area contributed by atoms with Crippen molar-refractivity contribution in [2.45, 2.75) is 25.7 Å². The standard InChI is InChI=1S/C18H25BrFN3O/c1-21-17(23-9-6-18(12-23)7-10-24-13-18)22-8-2-3-14-4-5-15(19)11-16(14)20/h4-5,11H,2-3,6-10,12-13H2,1H3,(H,21,22). The van der Waals surface area contributed by atoms with Gasteiger partial charge >= 0.3 is 0 Å². The van der Waals surface area contributed by atoms with Crippen LogP contribution in [0, 0.1) is 11.2 Å². The summed E-state index contributed by atoms with van der Waals surface area (Å²) in [5, 5.41) is 3.42. The highest BCUT2D eigenvalue weighted by Gasteiger charge is 2.42. The number of halogens is 2. The third kappa shape index (κ3) is 4.09. The highest BCUT2D eigenvalue weighted by molar-refractivity contribution is 9.10. The van der Waals surface area contributed by atoms with Gasteiger partial charge in [-0.05, 0) is 43.4 Å². The van der Waals surface area contributed by atoms with Crippen LogP contribution in [-0.4, -0.2) is 50.8 Å². The van der Waals surface area contributed by atoms with Crippen LogP contribution < -0.4 is 5.32 Å². The molecule has 0 radical (unpaired) electrons. The number of nitrogens with zero attached hydrogens (tertiary/aromatic N) is 2. The predicted octanol–water partition coefficient (Wildman–Crippen LogP) is 3.21. The van der Waals surface area contributed by atoms with Crippen LogP contribution in [0.5, 0.6) is 0 Å². The Bertz CT molecular complexity index is 602. The maximum Gasteiger partial charge on any atom is 0.193 e. The second kappa shape index (κ2) is 7.83. The number of hydrogen-bond donors (Lipinski definition) is 1. The van der Waals surface area contributed by atoms with Gasteiger partial charge in [-0.3, -0.25) is 4.99 Å². The van der Waals surface area contributed by atoms with Gasteiger partial charge in [0, 0.05) is 43.2 Å². The Balaban J connectivity index is 1.45. The summed E-state index contributed by atoms with van der Waals surface area (Å²) in [4.78, 5) is 6.74. The minimum atomic E-state index is -0.142. The zero-order valence-corrected chi connectivity index (χ0v) is 15.7. The minimum absolute atomic E-state index is 0.142. The van der Waals surface area contributed by atoms with E-state index in [9.17, 15) is 4.39 Å². The van der Waals surface area contributed by atoms with E-state index in [0.717, 1.165) is 68.1 Å². The molecule has 2 saturated heterocycles. The molecule has 1 unspecified atom stereocenters. The number of aliphatic imine (C=N–C) groups is 1. The summed E-state index contributed by atoms with van der Waals surface area (Å²) in [5.41, 5.74) is 1.09. The Morgan fingerprint density at radius 2 is 2.33 bits per heavy atom. The molecule has 2 heterocycles. The normalized spacial score (nSPS) is 24.1. The van der Waals surface area contributed by atoms with Crippen molar-refractivity contribution in [2.24, 2.45) is 10.4 Å². The summed E-state index contributed by atoms with van der Waals surface area (Å²) in [6.07, 6.45) is 3.93. The molecular formula is C18H25BrFN3O. The first kappa shape index (κ1) is 17.7. The van der Waals surface area contributed by atoms with E-state index in [0.29, 0.717) is 5.41 Å². The molecule has 2 aliphatic rings. The van der Waals surface area contributed by atoms with Crippen LogP contribution in [-0.2, 0) is 11.2 Å². The molecule has 2 fully saturated rings. The highest BCUT2D eigenvalue weighted by atomic mass is 79.9. The number of benzene rings is 1. The van der Waals surface area contributed by atoms with E-state index in [-0.39, 0.29) is 5.82 Å². The third-order valence-corrected chi connectivity index (χ3v) is 5.55. The lowest BCUT2D eigenvalue weighted by Gasteiger charge is -2.25. The molecule has 1 aromatic rings. The van der Waals surface area contributed by atoms with Crippen molar-refractivity contribution in [3.05, 3.63) is 34.1 Å². The molecule has 0 aromatic heterocycles. The molecule has 2 aliphatic heterocycles. The Kier molecular flexibility index (Phi) is 5.76. The van der Waals surface area contributed by atoms with Gasteiger partial charge in [-0.1, -0.05) is 22.0 Å². The molecule has 0 saturated carbocycles. The van der Waals surface area contributed by atoms with Crippen LogP contribution in [0.2, 0.25) is 0 Å². The lowest BCUT2D eigenvalue weighted by Crippen LogP contribution is -2.41. The summed E-state index contributed by atoms with van der Waals surface area (Å²) >= 11 is 3.29. The molecule has 4 nitrogen and oxygen atoms in total. The molecule has 0 bridgehead atoms. The van der Waals surface area contributed by atoms with Crippen LogP contribution in [0.1, 0.15) is 24.8 Å². The van der Waals surface area contributed by atoms with Gasteiger partial charge in [-0.25, -0.2) is 4.39 Å². The smallest absolute Gasteiger partial charge is 0.193 e. The Morgan fingerprint density at radius 1 is 1.46 bits per heavy atom.